The molecule has 1 rings (SSSR count). The molecule has 0 aliphatic carbocycles. The molecule has 17 heavy (non-hydrogen) atoms. The lowest BCUT2D eigenvalue weighted by Crippen LogP contribution is -2.21. The molecular formula is C12H15F4N. The van der Waals surface area contributed by atoms with Gasteiger partial charge in [-0.2, -0.15) is 13.2 Å². The lowest BCUT2D eigenvalue weighted by Gasteiger charge is -2.18. The van der Waals surface area contributed by atoms with Gasteiger partial charge in [-0.05, 0) is 31.2 Å². The molecule has 1 N–H and O–H groups in total. The Labute approximate surface area is 97.8 Å². The van der Waals surface area contributed by atoms with Crippen LogP contribution in [0.5, 0.6) is 0 Å². The van der Waals surface area contributed by atoms with Crippen LogP contribution < -0.4 is 5.32 Å². The summed E-state index contributed by atoms with van der Waals surface area (Å²) < 4.78 is 51.0. The number of nitrogens with one attached hydrogen (secondary N) is 1. The van der Waals surface area contributed by atoms with E-state index in [1.165, 1.54) is 0 Å². The SMILES string of the molecule is CCNC(CC)c1cc(C(F)(F)F)ccc1F. The highest BCUT2D eigenvalue weighted by Crippen LogP contribution is 2.32. The summed E-state index contributed by atoms with van der Waals surface area (Å²) in [5.74, 6) is -0.606. The second-order valence-corrected chi connectivity index (χ2v) is 3.75. The van der Waals surface area contributed by atoms with E-state index < -0.39 is 17.6 Å². The summed E-state index contributed by atoms with van der Waals surface area (Å²) in [4.78, 5) is 0. The first-order chi connectivity index (χ1) is 7.90. The zero-order chi connectivity index (χ0) is 13.1. The van der Waals surface area contributed by atoms with E-state index in [-0.39, 0.29) is 11.6 Å². The van der Waals surface area contributed by atoms with E-state index in [0.717, 1.165) is 18.2 Å². The Kier molecular flexibility index (Phi) is 4.51. The molecule has 1 aromatic rings. The highest BCUT2D eigenvalue weighted by atomic mass is 19.4. The number of rotatable bonds is 4. The average molecular weight is 249 g/mol. The van der Waals surface area contributed by atoms with E-state index >= 15 is 0 Å². The molecule has 0 heterocycles. The van der Waals surface area contributed by atoms with Crippen LogP contribution >= 0.6 is 0 Å². The first-order valence-electron chi connectivity index (χ1n) is 5.50. The molecule has 0 aromatic heterocycles. The summed E-state index contributed by atoms with van der Waals surface area (Å²) in [6, 6.07) is 2.13. The Morgan fingerprint density at radius 3 is 2.35 bits per heavy atom. The normalized spacial score (nSPS) is 13.8. The lowest BCUT2D eigenvalue weighted by molar-refractivity contribution is -0.137. The molecule has 1 aromatic carbocycles. The Hall–Kier alpha value is -1.10. The summed E-state index contributed by atoms with van der Waals surface area (Å²) in [5, 5.41) is 2.96. The number of benzene rings is 1. The van der Waals surface area contributed by atoms with Crippen LogP contribution in [0.25, 0.3) is 0 Å². The van der Waals surface area contributed by atoms with Crippen molar-refractivity contribution in [1.82, 2.24) is 5.32 Å². The molecule has 0 aliphatic heterocycles. The summed E-state index contributed by atoms with van der Waals surface area (Å²) in [6.07, 6.45) is -3.90. The van der Waals surface area contributed by atoms with Crippen molar-refractivity contribution >= 4 is 0 Å². The fourth-order valence-electron chi connectivity index (χ4n) is 1.71. The van der Waals surface area contributed by atoms with E-state index in [4.69, 9.17) is 0 Å². The molecule has 1 nitrogen and oxygen atoms in total. The number of halogens is 4. The van der Waals surface area contributed by atoms with Crippen molar-refractivity contribution < 1.29 is 17.6 Å². The molecule has 0 radical (unpaired) electrons. The van der Waals surface area contributed by atoms with Crippen LogP contribution in [0.1, 0.15) is 37.4 Å². The van der Waals surface area contributed by atoms with Gasteiger partial charge in [0.05, 0.1) is 5.56 Å². The minimum atomic E-state index is -4.44. The molecule has 0 saturated heterocycles. The van der Waals surface area contributed by atoms with Gasteiger partial charge in [0, 0.05) is 11.6 Å². The fourth-order valence-corrected chi connectivity index (χ4v) is 1.71. The van der Waals surface area contributed by atoms with Gasteiger partial charge >= 0.3 is 6.18 Å². The van der Waals surface area contributed by atoms with E-state index in [9.17, 15) is 17.6 Å². The van der Waals surface area contributed by atoms with Gasteiger partial charge in [0.25, 0.3) is 0 Å². The van der Waals surface area contributed by atoms with Crippen molar-refractivity contribution in [2.75, 3.05) is 6.54 Å². The monoisotopic (exact) mass is 249 g/mol. The molecule has 0 amide bonds. The topological polar surface area (TPSA) is 12.0 Å². The van der Waals surface area contributed by atoms with Gasteiger partial charge in [0.2, 0.25) is 0 Å². The smallest absolute Gasteiger partial charge is 0.310 e. The maximum atomic E-state index is 13.5. The molecular weight excluding hydrogens is 234 g/mol. The van der Waals surface area contributed by atoms with Crippen molar-refractivity contribution in [2.45, 2.75) is 32.5 Å². The van der Waals surface area contributed by atoms with Crippen LogP contribution in [0.15, 0.2) is 18.2 Å². The number of hydrogen-bond acceptors (Lipinski definition) is 1. The Bertz CT molecular complexity index is 373. The predicted octanol–water partition coefficient (Wildman–Crippen LogP) is 3.91. The third kappa shape index (κ3) is 3.43. The highest BCUT2D eigenvalue weighted by Gasteiger charge is 2.31. The third-order valence-electron chi connectivity index (χ3n) is 2.56. The first-order valence-corrected chi connectivity index (χ1v) is 5.50. The largest absolute Gasteiger partial charge is 0.416 e. The van der Waals surface area contributed by atoms with Crippen LogP contribution in [-0.4, -0.2) is 6.54 Å². The molecule has 0 aliphatic rings. The molecule has 96 valence electrons. The van der Waals surface area contributed by atoms with Crippen molar-refractivity contribution in [3.05, 3.63) is 35.1 Å². The predicted molar refractivity (Wildman–Crippen MR) is 58.1 cm³/mol. The fraction of sp³-hybridized carbons (Fsp3) is 0.500. The van der Waals surface area contributed by atoms with Gasteiger partial charge in [0.1, 0.15) is 5.82 Å². The van der Waals surface area contributed by atoms with Crippen LogP contribution in [0.4, 0.5) is 17.6 Å². The maximum Gasteiger partial charge on any atom is 0.416 e. The van der Waals surface area contributed by atoms with Crippen LogP contribution in [0.2, 0.25) is 0 Å². The molecule has 0 saturated carbocycles. The average Bonchev–Trinajstić information content (AvgIpc) is 2.25. The van der Waals surface area contributed by atoms with Crippen LogP contribution in [0, 0.1) is 5.82 Å². The van der Waals surface area contributed by atoms with Gasteiger partial charge in [-0.25, -0.2) is 4.39 Å². The van der Waals surface area contributed by atoms with Crippen LogP contribution in [0.3, 0.4) is 0 Å². The van der Waals surface area contributed by atoms with Gasteiger partial charge in [-0.3, -0.25) is 0 Å². The summed E-state index contributed by atoms with van der Waals surface area (Å²) in [6.45, 7) is 4.20. The Balaban J connectivity index is 3.13. The van der Waals surface area contributed by atoms with Crippen molar-refractivity contribution in [2.24, 2.45) is 0 Å². The molecule has 0 bridgehead atoms. The zero-order valence-electron chi connectivity index (χ0n) is 9.74. The van der Waals surface area contributed by atoms with Gasteiger partial charge in [0.15, 0.2) is 0 Å². The number of alkyl halides is 3. The Morgan fingerprint density at radius 1 is 1.24 bits per heavy atom. The molecule has 1 atom stereocenters. The van der Waals surface area contributed by atoms with Crippen molar-refractivity contribution in [3.63, 3.8) is 0 Å². The summed E-state index contributed by atoms with van der Waals surface area (Å²) >= 11 is 0. The van der Waals surface area contributed by atoms with Gasteiger partial charge < -0.3 is 5.32 Å². The van der Waals surface area contributed by atoms with Gasteiger partial charge in [-0.15, -0.1) is 0 Å². The van der Waals surface area contributed by atoms with Crippen LogP contribution in [-0.2, 0) is 6.18 Å². The van der Waals surface area contributed by atoms with Gasteiger partial charge in [-0.1, -0.05) is 13.8 Å². The Morgan fingerprint density at radius 2 is 1.88 bits per heavy atom. The zero-order valence-corrected chi connectivity index (χ0v) is 9.74. The number of hydrogen-bond donors (Lipinski definition) is 1. The second kappa shape index (κ2) is 5.49. The summed E-state index contributed by atoms with van der Waals surface area (Å²) in [7, 11) is 0. The standard InChI is InChI=1S/C12H15F4N/c1-3-11(17-4-2)9-7-8(12(14,15)16)5-6-10(9)13/h5-7,11,17H,3-4H2,1-2H3. The van der Waals surface area contributed by atoms with E-state index in [1.54, 1.807) is 6.92 Å². The van der Waals surface area contributed by atoms with Crippen molar-refractivity contribution in [1.29, 1.82) is 0 Å². The van der Waals surface area contributed by atoms with E-state index in [1.807, 2.05) is 6.92 Å². The molecule has 0 spiro atoms. The molecule has 5 heteroatoms. The molecule has 0 fully saturated rings. The summed E-state index contributed by atoms with van der Waals surface area (Å²) in [5.41, 5.74) is -0.741. The first kappa shape index (κ1) is 14.0. The second-order valence-electron chi connectivity index (χ2n) is 3.75. The minimum Gasteiger partial charge on any atom is -0.310 e. The lowest BCUT2D eigenvalue weighted by atomic mass is 10.0. The third-order valence-corrected chi connectivity index (χ3v) is 2.56. The quantitative estimate of drug-likeness (QED) is 0.798. The highest BCUT2D eigenvalue weighted by molar-refractivity contribution is 5.29. The molecule has 1 unspecified atom stereocenters. The maximum absolute atomic E-state index is 13.5. The van der Waals surface area contributed by atoms with E-state index in [0.29, 0.717) is 13.0 Å². The minimum absolute atomic E-state index is 0.0733. The van der Waals surface area contributed by atoms with E-state index in [2.05, 4.69) is 5.32 Å². The van der Waals surface area contributed by atoms with Crippen molar-refractivity contribution in [3.8, 4) is 0 Å².